The second-order valence-electron chi connectivity index (χ2n) is 6.29. The molecular formula is C16H21F2N2O5+. The van der Waals surface area contributed by atoms with Crippen LogP contribution in [0.2, 0.25) is 0 Å². The first-order valence-corrected chi connectivity index (χ1v) is 8.01. The van der Waals surface area contributed by atoms with Crippen LogP contribution in [0.1, 0.15) is 12.5 Å². The average Bonchev–Trinajstić information content (AvgIpc) is 2.94. The molecule has 2 aliphatic rings. The summed E-state index contributed by atoms with van der Waals surface area (Å²) in [7, 11) is 1.29. The first kappa shape index (κ1) is 17.8. The van der Waals surface area contributed by atoms with Gasteiger partial charge in [-0.05, 0) is 6.92 Å². The fourth-order valence-electron chi connectivity index (χ4n) is 3.16. The van der Waals surface area contributed by atoms with E-state index in [9.17, 15) is 13.7 Å². The van der Waals surface area contributed by atoms with E-state index in [1.165, 1.54) is 7.11 Å². The lowest BCUT2D eigenvalue weighted by Crippen LogP contribution is -2.37. The minimum Gasteiger partial charge on any atom is -0.484 e. The number of ether oxygens (including phenoxy) is 3. The molecule has 0 N–H and O–H groups in total. The molecule has 2 aliphatic heterocycles. The predicted octanol–water partition coefficient (Wildman–Crippen LogP) is 2.43. The van der Waals surface area contributed by atoms with Crippen LogP contribution in [0.15, 0.2) is 12.1 Å². The largest absolute Gasteiger partial charge is 0.484 e. The van der Waals surface area contributed by atoms with Gasteiger partial charge in [-0.2, -0.15) is 8.78 Å². The van der Waals surface area contributed by atoms with Crippen LogP contribution in [-0.2, 0) is 20.7 Å². The molecular weight excluding hydrogens is 338 g/mol. The van der Waals surface area contributed by atoms with E-state index in [4.69, 9.17) is 14.3 Å². The van der Waals surface area contributed by atoms with Crippen LogP contribution in [0.4, 0.5) is 20.2 Å². The topological polar surface area (TPSA) is 60.2 Å². The van der Waals surface area contributed by atoms with Crippen molar-refractivity contribution in [2.45, 2.75) is 25.6 Å². The standard InChI is InChI=1S/C16H21F2N2O5/c1-16(10-24-15(17)18)9-11-7-13(20(21)22-2)12(8-14(11)25-16)19-3-5-23-6-4-19/h7-8,15H,3-6,9-10H2,1-2H3/q+1. The lowest BCUT2D eigenvalue weighted by atomic mass is 9.99. The van der Waals surface area contributed by atoms with E-state index >= 15 is 0 Å². The third kappa shape index (κ3) is 3.82. The number of benzene rings is 1. The molecule has 138 valence electrons. The molecule has 0 radical (unpaired) electrons. The van der Waals surface area contributed by atoms with Crippen LogP contribution < -0.4 is 9.64 Å². The van der Waals surface area contributed by atoms with Crippen molar-refractivity contribution in [1.82, 2.24) is 0 Å². The molecule has 2 heterocycles. The van der Waals surface area contributed by atoms with Crippen molar-refractivity contribution in [3.8, 4) is 5.75 Å². The molecule has 1 aromatic carbocycles. The number of nitrogens with zero attached hydrogens (tertiary/aromatic N) is 2. The summed E-state index contributed by atoms with van der Waals surface area (Å²) in [6, 6.07) is 3.44. The van der Waals surface area contributed by atoms with Crippen molar-refractivity contribution in [1.29, 1.82) is 0 Å². The number of alkyl halides is 2. The molecule has 0 bridgehead atoms. The second kappa shape index (κ2) is 7.09. The molecule has 9 heteroatoms. The maximum absolute atomic E-state index is 12.3. The van der Waals surface area contributed by atoms with E-state index in [1.54, 1.807) is 19.1 Å². The van der Waals surface area contributed by atoms with Crippen LogP contribution in [0.5, 0.6) is 5.75 Å². The van der Waals surface area contributed by atoms with Crippen molar-refractivity contribution >= 4 is 11.4 Å². The third-order valence-electron chi connectivity index (χ3n) is 4.31. The molecule has 1 saturated heterocycles. The first-order valence-electron chi connectivity index (χ1n) is 8.01. The van der Waals surface area contributed by atoms with Gasteiger partial charge in [0, 0.05) is 37.2 Å². The molecule has 0 spiro atoms. The number of fused-ring (bicyclic) bond motifs is 1. The molecule has 0 aliphatic carbocycles. The van der Waals surface area contributed by atoms with Crippen LogP contribution >= 0.6 is 0 Å². The van der Waals surface area contributed by atoms with Gasteiger partial charge in [-0.1, -0.05) is 0 Å². The number of hydrogen-bond acceptors (Lipinski definition) is 6. The van der Waals surface area contributed by atoms with Crippen molar-refractivity contribution in [2.75, 3.05) is 44.9 Å². The Hall–Kier alpha value is -2.00. The van der Waals surface area contributed by atoms with Crippen LogP contribution in [0.3, 0.4) is 0 Å². The molecule has 0 aromatic heterocycles. The normalized spacial score (nSPS) is 22.7. The van der Waals surface area contributed by atoms with Gasteiger partial charge < -0.3 is 19.1 Å². The molecule has 7 nitrogen and oxygen atoms in total. The summed E-state index contributed by atoms with van der Waals surface area (Å²) in [6.45, 7) is 0.993. The highest BCUT2D eigenvalue weighted by Crippen LogP contribution is 2.43. The SMILES string of the molecule is CO[N+](=O)c1cc2c(cc1N1CCOCC1)OC(C)(COC(F)F)C2. The van der Waals surface area contributed by atoms with Gasteiger partial charge in [0.15, 0.2) is 7.11 Å². The summed E-state index contributed by atoms with van der Waals surface area (Å²) < 4.78 is 40.3. The Bertz CT molecular complexity index is 652. The molecule has 3 rings (SSSR count). The maximum Gasteiger partial charge on any atom is 0.345 e. The van der Waals surface area contributed by atoms with Gasteiger partial charge in [0.05, 0.1) is 24.7 Å². The Labute approximate surface area is 143 Å². The highest BCUT2D eigenvalue weighted by atomic mass is 19.3. The minimum absolute atomic E-state index is 0.243. The molecule has 1 atom stereocenters. The fraction of sp³-hybridized carbons (Fsp3) is 0.625. The lowest BCUT2D eigenvalue weighted by Gasteiger charge is -2.28. The third-order valence-corrected chi connectivity index (χ3v) is 4.31. The molecule has 1 fully saturated rings. The number of anilines is 1. The Kier molecular flexibility index (Phi) is 5.05. The van der Waals surface area contributed by atoms with Crippen molar-refractivity contribution in [3.05, 3.63) is 22.6 Å². The summed E-state index contributed by atoms with van der Waals surface area (Å²) in [5.74, 6) is 0.565. The summed E-state index contributed by atoms with van der Waals surface area (Å²) >= 11 is 0. The zero-order valence-electron chi connectivity index (χ0n) is 14.2. The predicted molar refractivity (Wildman–Crippen MR) is 84.5 cm³/mol. The van der Waals surface area contributed by atoms with Crippen LogP contribution in [0, 0.1) is 4.91 Å². The molecule has 1 aromatic rings. The highest BCUT2D eigenvalue weighted by molar-refractivity contribution is 5.69. The van der Waals surface area contributed by atoms with Gasteiger partial charge in [-0.15, -0.1) is 0 Å². The van der Waals surface area contributed by atoms with Gasteiger partial charge >= 0.3 is 12.3 Å². The molecule has 0 saturated carbocycles. The van der Waals surface area contributed by atoms with E-state index in [1.807, 2.05) is 4.90 Å². The summed E-state index contributed by atoms with van der Waals surface area (Å²) in [5, 5.41) is 0. The maximum atomic E-state index is 12.3. The monoisotopic (exact) mass is 359 g/mol. The van der Waals surface area contributed by atoms with Gasteiger partial charge in [-0.25, -0.2) is 4.84 Å². The van der Waals surface area contributed by atoms with E-state index in [0.29, 0.717) is 54.8 Å². The number of rotatable bonds is 6. The molecule has 25 heavy (non-hydrogen) atoms. The number of halogens is 2. The molecule has 1 unspecified atom stereocenters. The van der Waals surface area contributed by atoms with E-state index in [0.717, 1.165) is 5.56 Å². The fourth-order valence-corrected chi connectivity index (χ4v) is 3.16. The zero-order valence-corrected chi connectivity index (χ0v) is 14.2. The smallest absolute Gasteiger partial charge is 0.345 e. The van der Waals surface area contributed by atoms with Crippen molar-refractivity contribution in [2.24, 2.45) is 0 Å². The van der Waals surface area contributed by atoms with E-state index in [-0.39, 0.29) is 6.61 Å². The van der Waals surface area contributed by atoms with E-state index < -0.39 is 12.2 Å². The highest BCUT2D eigenvalue weighted by Gasteiger charge is 2.39. The summed E-state index contributed by atoms with van der Waals surface area (Å²) in [5.41, 5.74) is 0.870. The Morgan fingerprint density at radius 1 is 1.36 bits per heavy atom. The average molecular weight is 359 g/mol. The Balaban J connectivity index is 1.90. The molecule has 0 amide bonds. The Morgan fingerprint density at radius 2 is 2.08 bits per heavy atom. The van der Waals surface area contributed by atoms with Crippen LogP contribution in [-0.4, -0.2) is 57.2 Å². The van der Waals surface area contributed by atoms with Crippen molar-refractivity contribution in [3.63, 3.8) is 0 Å². The van der Waals surface area contributed by atoms with Gasteiger partial charge in [-0.3, -0.25) is 0 Å². The summed E-state index contributed by atoms with van der Waals surface area (Å²) in [4.78, 5) is 19.4. The van der Waals surface area contributed by atoms with Crippen molar-refractivity contribution < 1.29 is 32.8 Å². The van der Waals surface area contributed by atoms with Gasteiger partial charge in [0.1, 0.15) is 17.0 Å². The minimum atomic E-state index is -2.85. The second-order valence-corrected chi connectivity index (χ2v) is 6.29. The Morgan fingerprint density at radius 3 is 2.72 bits per heavy atom. The number of morpholine rings is 1. The van der Waals surface area contributed by atoms with E-state index in [2.05, 4.69) is 4.74 Å². The zero-order chi connectivity index (χ0) is 18.0. The number of hydrogen-bond donors (Lipinski definition) is 0. The quantitative estimate of drug-likeness (QED) is 0.727. The first-order chi connectivity index (χ1) is 11.9. The van der Waals surface area contributed by atoms with Crippen LogP contribution in [0.25, 0.3) is 0 Å². The lowest BCUT2D eigenvalue weighted by molar-refractivity contribution is -0.736. The van der Waals surface area contributed by atoms with Gasteiger partial charge in [0.25, 0.3) is 4.92 Å². The van der Waals surface area contributed by atoms with Gasteiger partial charge in [0.2, 0.25) is 0 Å². The summed E-state index contributed by atoms with van der Waals surface area (Å²) in [6.07, 6.45) is 0.364.